The fourth-order valence-corrected chi connectivity index (χ4v) is 4.00. The minimum atomic E-state index is 0.164. The molecular formula is C21H26Cl2N3O2+. The highest BCUT2D eigenvalue weighted by Crippen LogP contribution is 2.26. The van der Waals surface area contributed by atoms with Crippen LogP contribution in [0.1, 0.15) is 5.56 Å². The topological polar surface area (TPSA) is 37.2 Å². The molecule has 2 aromatic carbocycles. The average Bonchev–Trinajstić information content (AvgIpc) is 2.68. The van der Waals surface area contributed by atoms with Crippen LogP contribution in [-0.2, 0) is 11.3 Å². The fraction of sp³-hybridized carbons (Fsp3) is 0.381. The molecule has 1 atom stereocenters. The minimum Gasteiger partial charge on any atom is -0.496 e. The van der Waals surface area contributed by atoms with Crippen LogP contribution in [0.4, 0.5) is 5.69 Å². The van der Waals surface area contributed by atoms with Crippen LogP contribution in [0.15, 0.2) is 42.5 Å². The van der Waals surface area contributed by atoms with E-state index in [0.717, 1.165) is 40.0 Å². The lowest BCUT2D eigenvalue weighted by Gasteiger charge is -2.36. The number of carbonyl (C=O) groups excluding carboxylic acids is 1. The van der Waals surface area contributed by atoms with E-state index in [1.807, 2.05) is 54.4 Å². The number of nitrogens with zero attached hydrogens (tertiary/aromatic N) is 2. The Morgan fingerprint density at radius 3 is 2.50 bits per heavy atom. The van der Waals surface area contributed by atoms with Crippen molar-refractivity contribution in [3.05, 3.63) is 58.1 Å². The molecule has 1 fully saturated rings. The zero-order valence-electron chi connectivity index (χ0n) is 16.3. The predicted octanol–water partition coefficient (Wildman–Crippen LogP) is 2.37. The van der Waals surface area contributed by atoms with Crippen molar-refractivity contribution in [2.24, 2.45) is 0 Å². The van der Waals surface area contributed by atoms with Crippen molar-refractivity contribution in [1.29, 1.82) is 0 Å². The highest BCUT2D eigenvalue weighted by Gasteiger charge is 2.24. The number of benzene rings is 2. The summed E-state index contributed by atoms with van der Waals surface area (Å²) in [5.41, 5.74) is 2.04. The highest BCUT2D eigenvalue weighted by molar-refractivity contribution is 6.33. The van der Waals surface area contributed by atoms with Gasteiger partial charge in [0.2, 0.25) is 0 Å². The number of quaternary nitrogens is 1. The number of nitrogens with one attached hydrogen (secondary N) is 1. The van der Waals surface area contributed by atoms with Crippen molar-refractivity contribution in [2.75, 3.05) is 51.8 Å². The van der Waals surface area contributed by atoms with Gasteiger partial charge >= 0.3 is 0 Å². The lowest BCUT2D eigenvalue weighted by Crippen LogP contribution is -3.09. The first-order valence-electron chi connectivity index (χ1n) is 9.39. The van der Waals surface area contributed by atoms with Gasteiger partial charge < -0.3 is 19.4 Å². The molecule has 1 aliphatic heterocycles. The van der Waals surface area contributed by atoms with Gasteiger partial charge in [0, 0.05) is 36.8 Å². The van der Waals surface area contributed by atoms with Gasteiger partial charge in [0.05, 0.1) is 24.9 Å². The Balaban J connectivity index is 1.53. The molecule has 1 unspecified atom stereocenters. The van der Waals surface area contributed by atoms with Crippen molar-refractivity contribution in [3.63, 3.8) is 0 Å². The van der Waals surface area contributed by atoms with Gasteiger partial charge in [-0.2, -0.15) is 0 Å². The standard InChI is InChI=1S/C21H25Cl2N3O2/c1-24(14-16-13-17(22)7-8-20(16)28-2)15-21(27)26-11-9-25(10-12-26)19-6-4-3-5-18(19)23/h3-8,13H,9-12,14-15H2,1-2H3/p+1. The van der Waals surface area contributed by atoms with E-state index in [9.17, 15) is 4.79 Å². The smallest absolute Gasteiger partial charge is 0.277 e. The van der Waals surface area contributed by atoms with Crippen LogP contribution in [0, 0.1) is 0 Å². The SMILES string of the molecule is COc1ccc(Cl)cc1C[NH+](C)CC(=O)N1CCN(c2ccccc2Cl)CC1. The number of methoxy groups -OCH3 is 1. The summed E-state index contributed by atoms with van der Waals surface area (Å²) in [6.07, 6.45) is 0. The number of likely N-dealkylation sites (N-methyl/N-ethyl adjacent to an activating group) is 1. The fourth-order valence-electron chi connectivity index (χ4n) is 3.55. The van der Waals surface area contributed by atoms with Gasteiger partial charge in [-0.15, -0.1) is 0 Å². The van der Waals surface area contributed by atoms with Gasteiger partial charge in [0.15, 0.2) is 6.54 Å². The maximum atomic E-state index is 12.7. The van der Waals surface area contributed by atoms with E-state index < -0.39 is 0 Å². The van der Waals surface area contributed by atoms with E-state index in [4.69, 9.17) is 27.9 Å². The van der Waals surface area contributed by atoms with E-state index in [2.05, 4.69) is 4.90 Å². The minimum absolute atomic E-state index is 0.164. The van der Waals surface area contributed by atoms with Crippen LogP contribution < -0.4 is 14.5 Å². The maximum Gasteiger partial charge on any atom is 0.277 e. The molecule has 5 nitrogen and oxygen atoms in total. The number of hydrogen-bond acceptors (Lipinski definition) is 3. The first kappa shape index (κ1) is 20.8. The Hall–Kier alpha value is -1.95. The van der Waals surface area contributed by atoms with Gasteiger partial charge in [-0.1, -0.05) is 35.3 Å². The summed E-state index contributed by atoms with van der Waals surface area (Å²) in [6, 6.07) is 13.4. The zero-order valence-corrected chi connectivity index (χ0v) is 17.8. The van der Waals surface area contributed by atoms with Gasteiger partial charge in [0.25, 0.3) is 5.91 Å². The predicted molar refractivity (Wildman–Crippen MR) is 114 cm³/mol. The number of anilines is 1. The van der Waals surface area contributed by atoms with E-state index in [0.29, 0.717) is 31.2 Å². The van der Waals surface area contributed by atoms with Crippen molar-refractivity contribution in [2.45, 2.75) is 6.54 Å². The van der Waals surface area contributed by atoms with Gasteiger partial charge in [-0.3, -0.25) is 4.79 Å². The lowest BCUT2D eigenvalue weighted by molar-refractivity contribution is -0.885. The van der Waals surface area contributed by atoms with E-state index in [1.54, 1.807) is 7.11 Å². The average molecular weight is 423 g/mol. The molecule has 0 aliphatic carbocycles. The molecule has 1 N–H and O–H groups in total. The van der Waals surface area contributed by atoms with Crippen LogP contribution in [0.25, 0.3) is 0 Å². The molecule has 0 spiro atoms. The number of rotatable bonds is 6. The van der Waals surface area contributed by atoms with Crippen LogP contribution >= 0.6 is 23.2 Å². The van der Waals surface area contributed by atoms with Crippen molar-refractivity contribution in [1.82, 2.24) is 4.90 Å². The van der Waals surface area contributed by atoms with Crippen LogP contribution in [0.5, 0.6) is 5.75 Å². The van der Waals surface area contributed by atoms with Crippen LogP contribution in [-0.4, -0.2) is 57.7 Å². The summed E-state index contributed by atoms with van der Waals surface area (Å²) in [7, 11) is 3.66. The second kappa shape index (κ2) is 9.50. The van der Waals surface area contributed by atoms with Crippen LogP contribution in [0.2, 0.25) is 10.0 Å². The number of hydrogen-bond donors (Lipinski definition) is 1. The summed E-state index contributed by atoms with van der Waals surface area (Å²) in [4.78, 5) is 18.0. The molecule has 28 heavy (non-hydrogen) atoms. The molecule has 0 saturated carbocycles. The third-order valence-electron chi connectivity index (χ3n) is 5.01. The van der Waals surface area contributed by atoms with Crippen molar-refractivity contribution in [3.8, 4) is 5.75 Å². The summed E-state index contributed by atoms with van der Waals surface area (Å²) in [6.45, 7) is 4.10. The maximum absolute atomic E-state index is 12.7. The largest absolute Gasteiger partial charge is 0.496 e. The molecule has 1 saturated heterocycles. The number of carbonyl (C=O) groups is 1. The van der Waals surface area contributed by atoms with Gasteiger partial charge in [0.1, 0.15) is 12.3 Å². The first-order valence-corrected chi connectivity index (χ1v) is 10.1. The summed E-state index contributed by atoms with van der Waals surface area (Å²) in [5, 5.41) is 1.42. The Labute approximate surface area is 176 Å². The van der Waals surface area contributed by atoms with Gasteiger partial charge in [-0.25, -0.2) is 0 Å². The number of halogens is 2. The van der Waals surface area contributed by atoms with Crippen molar-refractivity contribution >= 4 is 34.8 Å². The van der Waals surface area contributed by atoms with Gasteiger partial charge in [-0.05, 0) is 30.3 Å². The van der Waals surface area contributed by atoms with E-state index >= 15 is 0 Å². The number of amides is 1. The molecule has 1 amide bonds. The molecule has 0 radical (unpaired) electrons. The molecule has 1 aliphatic rings. The number of ether oxygens (including phenoxy) is 1. The highest BCUT2D eigenvalue weighted by atomic mass is 35.5. The first-order chi connectivity index (χ1) is 13.5. The molecule has 0 bridgehead atoms. The molecule has 1 heterocycles. The number of piperazine rings is 1. The summed E-state index contributed by atoms with van der Waals surface area (Å²) in [5.74, 6) is 0.960. The van der Waals surface area contributed by atoms with E-state index in [1.165, 1.54) is 0 Å². The monoisotopic (exact) mass is 422 g/mol. The second-order valence-electron chi connectivity index (χ2n) is 7.09. The zero-order chi connectivity index (χ0) is 20.1. The summed E-state index contributed by atoms with van der Waals surface area (Å²) >= 11 is 12.4. The second-order valence-corrected chi connectivity index (χ2v) is 7.93. The molecule has 3 rings (SSSR count). The molecule has 150 valence electrons. The normalized spacial score (nSPS) is 15.4. The quantitative estimate of drug-likeness (QED) is 0.776. The molecular weight excluding hydrogens is 397 g/mol. The third-order valence-corrected chi connectivity index (χ3v) is 5.57. The molecule has 0 aromatic heterocycles. The Kier molecular flexibility index (Phi) is 7.05. The third kappa shape index (κ3) is 5.10. The van der Waals surface area contributed by atoms with Crippen LogP contribution in [0.3, 0.4) is 0 Å². The Morgan fingerprint density at radius 2 is 1.82 bits per heavy atom. The summed E-state index contributed by atoms with van der Waals surface area (Å²) < 4.78 is 5.40. The lowest BCUT2D eigenvalue weighted by atomic mass is 10.2. The molecule has 2 aromatic rings. The Bertz CT molecular complexity index is 823. The molecule has 7 heteroatoms. The van der Waals surface area contributed by atoms with E-state index in [-0.39, 0.29) is 5.91 Å². The Morgan fingerprint density at radius 1 is 1.11 bits per heavy atom. The van der Waals surface area contributed by atoms with Crippen molar-refractivity contribution < 1.29 is 14.4 Å². The number of para-hydroxylation sites is 1.